The lowest BCUT2D eigenvalue weighted by atomic mass is 10.0. The summed E-state index contributed by atoms with van der Waals surface area (Å²) in [6.07, 6.45) is 2.56. The van der Waals surface area contributed by atoms with Gasteiger partial charge in [0, 0.05) is 26.6 Å². The van der Waals surface area contributed by atoms with E-state index < -0.39 is 8.07 Å². The van der Waals surface area contributed by atoms with Gasteiger partial charge in [0.1, 0.15) is 6.73 Å². The zero-order valence-corrected chi connectivity index (χ0v) is 18.0. The minimum Gasteiger partial charge on any atom is -0.361 e. The van der Waals surface area contributed by atoms with E-state index in [1.807, 2.05) is 54.9 Å². The summed E-state index contributed by atoms with van der Waals surface area (Å²) in [5.74, 6) is 0.655. The van der Waals surface area contributed by atoms with Crippen LogP contribution >= 0.6 is 0 Å². The van der Waals surface area contributed by atoms with E-state index in [1.165, 1.54) is 0 Å². The molecule has 0 saturated heterocycles. The van der Waals surface area contributed by atoms with Crippen LogP contribution in [0.15, 0.2) is 41.3 Å². The maximum absolute atomic E-state index is 13.2. The van der Waals surface area contributed by atoms with E-state index in [1.54, 1.807) is 4.40 Å². The van der Waals surface area contributed by atoms with Gasteiger partial charge in [0.15, 0.2) is 0 Å². The largest absolute Gasteiger partial charge is 0.361 e. The number of hydrogen-bond donors (Lipinski definition) is 0. The molecule has 1 aromatic carbocycles. The molecule has 0 aliphatic carbocycles. The Hall–Kier alpha value is -2.18. The lowest BCUT2D eigenvalue weighted by Crippen LogP contribution is -2.22. The standard InChI is InChI=1S/C21H29N3O2Si/c1-6-18-19(17-10-8-7-9-11-17)20(25)23-14-16(2)24(21(23)22-18)15-26-12-13-27(3,4)5/h7-11,14H,6,12-13,15H2,1-5H3. The number of imidazole rings is 1. The molecule has 0 atom stereocenters. The molecule has 6 heteroatoms. The molecule has 3 rings (SSSR count). The third kappa shape index (κ3) is 4.22. The third-order valence-electron chi connectivity index (χ3n) is 4.77. The molecule has 0 bridgehead atoms. The molecule has 0 saturated carbocycles. The molecule has 144 valence electrons. The van der Waals surface area contributed by atoms with Crippen LogP contribution in [-0.4, -0.2) is 28.6 Å². The average molecular weight is 384 g/mol. The highest BCUT2D eigenvalue weighted by Gasteiger charge is 2.18. The number of aryl methyl sites for hydroxylation is 2. The first kappa shape index (κ1) is 19.6. The topological polar surface area (TPSA) is 48.5 Å². The van der Waals surface area contributed by atoms with Crippen molar-refractivity contribution < 1.29 is 4.74 Å². The van der Waals surface area contributed by atoms with Crippen LogP contribution in [0, 0.1) is 6.92 Å². The Kier molecular flexibility index (Phi) is 5.67. The Morgan fingerprint density at radius 3 is 2.48 bits per heavy atom. The molecule has 2 aromatic heterocycles. The molecule has 2 heterocycles. The molecule has 0 spiro atoms. The van der Waals surface area contributed by atoms with Gasteiger partial charge in [-0.2, -0.15) is 0 Å². The van der Waals surface area contributed by atoms with Crippen molar-refractivity contribution >= 4 is 13.9 Å². The van der Waals surface area contributed by atoms with Crippen molar-refractivity contribution in [2.75, 3.05) is 6.61 Å². The zero-order chi connectivity index (χ0) is 19.6. The second-order valence-electron chi connectivity index (χ2n) is 8.17. The van der Waals surface area contributed by atoms with Crippen molar-refractivity contribution in [3.63, 3.8) is 0 Å². The number of fused-ring (bicyclic) bond motifs is 1. The Morgan fingerprint density at radius 1 is 1.15 bits per heavy atom. The van der Waals surface area contributed by atoms with Crippen LogP contribution in [0.3, 0.4) is 0 Å². The molecule has 0 unspecified atom stereocenters. The van der Waals surface area contributed by atoms with Gasteiger partial charge < -0.3 is 4.74 Å². The second kappa shape index (κ2) is 7.82. The molecule has 0 amide bonds. The Labute approximate surface area is 161 Å². The van der Waals surface area contributed by atoms with Crippen LogP contribution in [0.1, 0.15) is 18.3 Å². The van der Waals surface area contributed by atoms with Gasteiger partial charge in [0.05, 0.1) is 11.3 Å². The van der Waals surface area contributed by atoms with Gasteiger partial charge in [0.25, 0.3) is 5.56 Å². The summed E-state index contributed by atoms with van der Waals surface area (Å²) in [4.78, 5) is 18.0. The normalized spacial score (nSPS) is 12.0. The van der Waals surface area contributed by atoms with Crippen molar-refractivity contribution in [1.29, 1.82) is 0 Å². The summed E-state index contributed by atoms with van der Waals surface area (Å²) in [5.41, 5.74) is 3.38. The molecule has 3 aromatic rings. The highest BCUT2D eigenvalue weighted by Crippen LogP contribution is 2.21. The van der Waals surface area contributed by atoms with Crippen LogP contribution in [0.25, 0.3) is 16.9 Å². The highest BCUT2D eigenvalue weighted by molar-refractivity contribution is 6.76. The summed E-state index contributed by atoms with van der Waals surface area (Å²) in [5, 5.41) is 0. The Morgan fingerprint density at radius 2 is 1.85 bits per heavy atom. The molecular formula is C21H29N3O2Si. The zero-order valence-electron chi connectivity index (χ0n) is 17.0. The maximum Gasteiger partial charge on any atom is 0.267 e. The predicted molar refractivity (Wildman–Crippen MR) is 113 cm³/mol. The van der Waals surface area contributed by atoms with Crippen molar-refractivity contribution in [2.45, 2.75) is 52.7 Å². The van der Waals surface area contributed by atoms with Gasteiger partial charge in [0.2, 0.25) is 5.78 Å². The van der Waals surface area contributed by atoms with Crippen LogP contribution < -0.4 is 5.56 Å². The molecule has 27 heavy (non-hydrogen) atoms. The molecule has 0 aliphatic rings. The fraction of sp³-hybridized carbons (Fsp3) is 0.429. The van der Waals surface area contributed by atoms with Gasteiger partial charge in [-0.1, -0.05) is 56.9 Å². The molecule has 5 nitrogen and oxygen atoms in total. The summed E-state index contributed by atoms with van der Waals surface area (Å²) < 4.78 is 9.55. The number of aromatic nitrogens is 3. The lowest BCUT2D eigenvalue weighted by molar-refractivity contribution is 0.0883. The van der Waals surface area contributed by atoms with Crippen LogP contribution in [0.5, 0.6) is 0 Å². The first-order chi connectivity index (χ1) is 12.8. The van der Waals surface area contributed by atoms with Crippen LogP contribution in [0.4, 0.5) is 0 Å². The van der Waals surface area contributed by atoms with Crippen LogP contribution in [-0.2, 0) is 17.9 Å². The van der Waals surface area contributed by atoms with Gasteiger partial charge in [-0.05, 0) is 25.0 Å². The molecule has 0 aliphatic heterocycles. The SMILES string of the molecule is CCc1nc2n(COCC[Si](C)(C)C)c(C)cn2c(=O)c1-c1ccccc1. The predicted octanol–water partition coefficient (Wildman–Crippen LogP) is 4.35. The fourth-order valence-corrected chi connectivity index (χ4v) is 3.89. The Bertz CT molecular complexity index is 985. The van der Waals surface area contributed by atoms with E-state index in [2.05, 4.69) is 19.6 Å². The third-order valence-corrected chi connectivity index (χ3v) is 6.47. The molecule has 0 fully saturated rings. The van der Waals surface area contributed by atoms with E-state index in [-0.39, 0.29) is 5.56 Å². The quantitative estimate of drug-likeness (QED) is 0.450. The number of rotatable bonds is 7. The van der Waals surface area contributed by atoms with Crippen molar-refractivity contribution in [3.05, 3.63) is 58.3 Å². The first-order valence-electron chi connectivity index (χ1n) is 9.56. The fourth-order valence-electron chi connectivity index (χ4n) is 3.13. The van der Waals surface area contributed by atoms with Gasteiger partial charge in [-0.3, -0.25) is 13.8 Å². The molecule has 0 N–H and O–H groups in total. The van der Waals surface area contributed by atoms with Gasteiger partial charge in [-0.15, -0.1) is 0 Å². The molecule has 0 radical (unpaired) electrons. The van der Waals surface area contributed by atoms with E-state index in [0.717, 1.165) is 29.6 Å². The number of benzene rings is 1. The number of nitrogens with zero attached hydrogens (tertiary/aromatic N) is 3. The number of hydrogen-bond acceptors (Lipinski definition) is 3. The average Bonchev–Trinajstić information content (AvgIpc) is 2.94. The monoisotopic (exact) mass is 383 g/mol. The first-order valence-corrected chi connectivity index (χ1v) is 13.3. The summed E-state index contributed by atoms with van der Waals surface area (Å²) in [6, 6.07) is 10.9. The minimum atomic E-state index is -1.12. The molecular weight excluding hydrogens is 354 g/mol. The second-order valence-corrected chi connectivity index (χ2v) is 13.8. The summed E-state index contributed by atoms with van der Waals surface area (Å²) in [6.45, 7) is 12.2. The van der Waals surface area contributed by atoms with E-state index in [4.69, 9.17) is 9.72 Å². The minimum absolute atomic E-state index is 0.0213. The van der Waals surface area contributed by atoms with Gasteiger partial charge in [-0.25, -0.2) is 4.98 Å². The Balaban J connectivity index is 2.00. The smallest absolute Gasteiger partial charge is 0.267 e. The summed E-state index contributed by atoms with van der Waals surface area (Å²) >= 11 is 0. The van der Waals surface area contributed by atoms with E-state index >= 15 is 0 Å². The maximum atomic E-state index is 13.2. The van der Waals surface area contributed by atoms with Gasteiger partial charge >= 0.3 is 0 Å². The summed E-state index contributed by atoms with van der Waals surface area (Å²) in [7, 11) is -1.12. The van der Waals surface area contributed by atoms with Crippen molar-refractivity contribution in [3.8, 4) is 11.1 Å². The lowest BCUT2D eigenvalue weighted by Gasteiger charge is -2.16. The van der Waals surface area contributed by atoms with Crippen LogP contribution in [0.2, 0.25) is 25.7 Å². The van der Waals surface area contributed by atoms with Crippen molar-refractivity contribution in [1.82, 2.24) is 14.0 Å². The van der Waals surface area contributed by atoms with Crippen molar-refractivity contribution in [2.24, 2.45) is 0 Å². The number of ether oxygens (including phenoxy) is 1. The van der Waals surface area contributed by atoms with E-state index in [0.29, 0.717) is 24.5 Å². The van der Waals surface area contributed by atoms with E-state index in [9.17, 15) is 4.79 Å². The highest BCUT2D eigenvalue weighted by atomic mass is 28.3.